The molecule has 0 aromatic heterocycles. The molecule has 0 spiro atoms. The molecule has 1 rings (SSSR count). The summed E-state index contributed by atoms with van der Waals surface area (Å²) in [4.78, 5) is 23.1. The number of carbonyl (C=O) groups excluding carboxylic acids is 2. The molecule has 0 aromatic carbocycles. The predicted molar refractivity (Wildman–Crippen MR) is 70.4 cm³/mol. The number of carbonyl (C=O) groups is 2. The van der Waals surface area contributed by atoms with E-state index in [1.807, 2.05) is 20.8 Å². The van der Waals surface area contributed by atoms with Crippen LogP contribution >= 0.6 is 11.8 Å². The summed E-state index contributed by atoms with van der Waals surface area (Å²) in [5.41, 5.74) is -1.04. The topological polar surface area (TPSA) is 64.6 Å². The molecule has 6 heteroatoms. The second-order valence-corrected chi connectivity index (χ2v) is 7.44. The first-order valence-electron chi connectivity index (χ1n) is 5.86. The summed E-state index contributed by atoms with van der Waals surface area (Å²) in [6, 6.07) is 0. The fraction of sp³-hybridized carbons (Fsp3) is 0.833. The Kier molecular flexibility index (Phi) is 4.20. The van der Waals surface area contributed by atoms with Crippen LogP contribution in [0, 0.1) is 0 Å². The Hall–Kier alpha value is -0.910. The molecule has 1 N–H and O–H groups in total. The smallest absolute Gasteiger partial charge is 0.408 e. The fourth-order valence-corrected chi connectivity index (χ4v) is 1.91. The molecule has 1 heterocycles. The zero-order chi connectivity index (χ0) is 14.1. The van der Waals surface area contributed by atoms with Crippen molar-refractivity contribution < 1.29 is 19.1 Å². The Labute approximate surface area is 112 Å². The van der Waals surface area contributed by atoms with E-state index in [0.717, 1.165) is 0 Å². The first-order valence-corrected chi connectivity index (χ1v) is 6.80. The van der Waals surface area contributed by atoms with E-state index in [4.69, 9.17) is 9.47 Å². The van der Waals surface area contributed by atoms with Gasteiger partial charge in [-0.1, -0.05) is 0 Å². The van der Waals surface area contributed by atoms with Gasteiger partial charge in [-0.3, -0.25) is 4.79 Å². The van der Waals surface area contributed by atoms with Gasteiger partial charge in [0.05, 0.1) is 0 Å². The standard InChI is InChI=1S/C12H21NO4S/c1-11(2,3)16-9(14)7-8(18-7)13-10(15)17-12(4,5)6/h7-8H,1-6H3,(H,13,15). The number of nitrogens with one attached hydrogen (secondary N) is 1. The first-order chi connectivity index (χ1) is 7.98. The highest BCUT2D eigenvalue weighted by molar-refractivity contribution is 8.08. The Morgan fingerprint density at radius 2 is 1.50 bits per heavy atom. The minimum Gasteiger partial charge on any atom is -0.459 e. The van der Waals surface area contributed by atoms with Crippen LogP contribution in [0.5, 0.6) is 0 Å². The van der Waals surface area contributed by atoms with Crippen LogP contribution in [-0.4, -0.2) is 33.9 Å². The molecule has 1 amide bonds. The van der Waals surface area contributed by atoms with Gasteiger partial charge >= 0.3 is 12.1 Å². The summed E-state index contributed by atoms with van der Waals surface area (Å²) in [6.07, 6.45) is -0.508. The van der Waals surface area contributed by atoms with Gasteiger partial charge in [-0.25, -0.2) is 4.79 Å². The SMILES string of the molecule is CC(C)(C)OC(=O)NC1SC1C(=O)OC(C)(C)C. The lowest BCUT2D eigenvalue weighted by atomic mass is 10.2. The number of rotatable bonds is 2. The van der Waals surface area contributed by atoms with Crippen LogP contribution in [0.4, 0.5) is 4.79 Å². The van der Waals surface area contributed by atoms with Crippen molar-refractivity contribution in [3.8, 4) is 0 Å². The highest BCUT2D eigenvalue weighted by atomic mass is 32.2. The molecule has 0 bridgehead atoms. The molecule has 1 aliphatic rings. The van der Waals surface area contributed by atoms with Crippen molar-refractivity contribution >= 4 is 23.8 Å². The Morgan fingerprint density at radius 1 is 1.00 bits per heavy atom. The summed E-state index contributed by atoms with van der Waals surface area (Å²) in [5, 5.41) is 2.06. The van der Waals surface area contributed by atoms with E-state index >= 15 is 0 Å². The van der Waals surface area contributed by atoms with E-state index in [1.165, 1.54) is 11.8 Å². The Balaban J connectivity index is 2.33. The van der Waals surface area contributed by atoms with Crippen LogP contribution in [-0.2, 0) is 14.3 Å². The van der Waals surface area contributed by atoms with Gasteiger partial charge in [0.25, 0.3) is 0 Å². The number of esters is 1. The molecule has 1 fully saturated rings. The zero-order valence-corrected chi connectivity index (χ0v) is 12.5. The van der Waals surface area contributed by atoms with Crippen molar-refractivity contribution in [2.45, 2.75) is 63.4 Å². The molecule has 0 aromatic rings. The van der Waals surface area contributed by atoms with Gasteiger partial charge in [-0.2, -0.15) is 0 Å². The molecule has 2 unspecified atom stereocenters. The molecule has 18 heavy (non-hydrogen) atoms. The van der Waals surface area contributed by atoms with Gasteiger partial charge in [0.1, 0.15) is 21.8 Å². The van der Waals surface area contributed by atoms with Crippen molar-refractivity contribution in [1.82, 2.24) is 5.32 Å². The molecule has 0 radical (unpaired) electrons. The van der Waals surface area contributed by atoms with Crippen LogP contribution in [0.15, 0.2) is 0 Å². The van der Waals surface area contributed by atoms with Crippen LogP contribution in [0.2, 0.25) is 0 Å². The third-order valence-electron chi connectivity index (χ3n) is 1.79. The summed E-state index contributed by atoms with van der Waals surface area (Å²) < 4.78 is 10.3. The van der Waals surface area contributed by atoms with Gasteiger partial charge in [0.15, 0.2) is 0 Å². The van der Waals surface area contributed by atoms with Crippen LogP contribution in [0.1, 0.15) is 41.5 Å². The molecule has 1 aliphatic heterocycles. The number of amides is 1. The monoisotopic (exact) mass is 275 g/mol. The number of hydrogen-bond donors (Lipinski definition) is 1. The van der Waals surface area contributed by atoms with E-state index in [1.54, 1.807) is 20.8 Å². The normalized spacial score (nSPS) is 23.2. The number of alkyl carbamates (subject to hydrolysis) is 1. The molecular formula is C12H21NO4S. The average molecular weight is 275 g/mol. The number of hydrogen-bond acceptors (Lipinski definition) is 5. The maximum Gasteiger partial charge on any atom is 0.408 e. The lowest BCUT2D eigenvalue weighted by Crippen LogP contribution is -2.36. The van der Waals surface area contributed by atoms with E-state index in [-0.39, 0.29) is 16.6 Å². The van der Waals surface area contributed by atoms with Crippen molar-refractivity contribution in [2.24, 2.45) is 0 Å². The average Bonchev–Trinajstić information content (AvgIpc) is 2.75. The van der Waals surface area contributed by atoms with E-state index in [0.29, 0.717) is 0 Å². The van der Waals surface area contributed by atoms with E-state index in [9.17, 15) is 9.59 Å². The minimum absolute atomic E-state index is 0.241. The minimum atomic E-state index is -0.537. The second-order valence-electron chi connectivity index (χ2n) is 6.16. The Morgan fingerprint density at radius 3 is 1.94 bits per heavy atom. The largest absolute Gasteiger partial charge is 0.459 e. The summed E-state index contributed by atoms with van der Waals surface area (Å²) >= 11 is 1.35. The summed E-state index contributed by atoms with van der Waals surface area (Å²) in [6.45, 7) is 10.8. The second kappa shape index (κ2) is 4.99. The van der Waals surface area contributed by atoms with Crippen molar-refractivity contribution in [3.63, 3.8) is 0 Å². The van der Waals surface area contributed by atoms with Crippen molar-refractivity contribution in [1.29, 1.82) is 0 Å². The maximum absolute atomic E-state index is 11.7. The van der Waals surface area contributed by atoms with Gasteiger partial charge in [-0.15, -0.1) is 11.8 Å². The highest BCUT2D eigenvalue weighted by Crippen LogP contribution is 2.40. The lowest BCUT2D eigenvalue weighted by molar-refractivity contribution is -0.153. The fourth-order valence-electron chi connectivity index (χ4n) is 1.19. The zero-order valence-electron chi connectivity index (χ0n) is 11.7. The maximum atomic E-state index is 11.7. The van der Waals surface area contributed by atoms with E-state index < -0.39 is 17.3 Å². The van der Waals surface area contributed by atoms with Crippen LogP contribution in [0.3, 0.4) is 0 Å². The summed E-state index contributed by atoms with van der Waals surface area (Å²) in [5.74, 6) is -0.298. The quantitative estimate of drug-likeness (QED) is 0.619. The molecule has 104 valence electrons. The van der Waals surface area contributed by atoms with E-state index in [2.05, 4.69) is 5.32 Å². The van der Waals surface area contributed by atoms with Gasteiger partial charge in [0.2, 0.25) is 0 Å². The van der Waals surface area contributed by atoms with Crippen LogP contribution in [0.25, 0.3) is 0 Å². The molecule has 0 saturated carbocycles. The third kappa shape index (κ3) is 5.62. The Bertz CT molecular complexity index is 343. The third-order valence-corrected chi connectivity index (χ3v) is 2.92. The van der Waals surface area contributed by atoms with Gasteiger partial charge < -0.3 is 14.8 Å². The van der Waals surface area contributed by atoms with Crippen LogP contribution < -0.4 is 5.32 Å². The molecule has 0 aliphatic carbocycles. The number of thioether (sulfide) groups is 1. The van der Waals surface area contributed by atoms with Gasteiger partial charge in [-0.05, 0) is 41.5 Å². The molecule has 1 saturated heterocycles. The van der Waals surface area contributed by atoms with Crippen molar-refractivity contribution in [2.75, 3.05) is 0 Å². The lowest BCUT2D eigenvalue weighted by Gasteiger charge is -2.20. The highest BCUT2D eigenvalue weighted by Gasteiger charge is 2.48. The first kappa shape index (κ1) is 15.1. The number of ether oxygens (including phenoxy) is 2. The van der Waals surface area contributed by atoms with Crippen molar-refractivity contribution in [3.05, 3.63) is 0 Å². The molecule has 5 nitrogen and oxygen atoms in total. The predicted octanol–water partition coefficient (Wildman–Crippen LogP) is 2.29. The van der Waals surface area contributed by atoms with Gasteiger partial charge in [0, 0.05) is 0 Å². The molecular weight excluding hydrogens is 254 g/mol. The molecule has 2 atom stereocenters. The summed E-state index contributed by atoms with van der Waals surface area (Å²) in [7, 11) is 0.